The maximum atomic E-state index is 11.4. The van der Waals surface area contributed by atoms with Crippen LogP contribution < -0.4 is 5.32 Å². The Bertz CT molecular complexity index is 141. The van der Waals surface area contributed by atoms with Gasteiger partial charge >= 0.3 is 0 Å². The molecule has 1 heterocycles. The number of methoxy groups -OCH3 is 1. The Balaban J connectivity index is 2.20. The molecule has 0 saturated carbocycles. The first-order valence-corrected chi connectivity index (χ1v) is 4.57. The molecular formula is C9H17NO2. The van der Waals surface area contributed by atoms with Crippen molar-refractivity contribution in [1.82, 2.24) is 5.32 Å². The summed E-state index contributed by atoms with van der Waals surface area (Å²) in [5, 5.41) is 3.24. The number of piperidine rings is 1. The molecule has 1 saturated heterocycles. The number of Topliss-reactive ketones (excluding diaryl/α,β-unsaturated/α-hetero) is 1. The molecule has 12 heavy (non-hydrogen) atoms. The van der Waals surface area contributed by atoms with Crippen molar-refractivity contribution in [3.63, 3.8) is 0 Å². The Labute approximate surface area is 73.5 Å². The summed E-state index contributed by atoms with van der Waals surface area (Å²) in [6.45, 7) is 2.55. The average Bonchev–Trinajstić information content (AvgIpc) is 2.15. The van der Waals surface area contributed by atoms with Gasteiger partial charge in [0, 0.05) is 19.4 Å². The van der Waals surface area contributed by atoms with E-state index in [1.807, 2.05) is 0 Å². The van der Waals surface area contributed by atoms with Gasteiger partial charge in [-0.2, -0.15) is 0 Å². The first-order valence-electron chi connectivity index (χ1n) is 4.57. The van der Waals surface area contributed by atoms with Crippen molar-refractivity contribution in [2.24, 2.45) is 5.92 Å². The van der Waals surface area contributed by atoms with Crippen LogP contribution in [0.5, 0.6) is 0 Å². The monoisotopic (exact) mass is 171 g/mol. The van der Waals surface area contributed by atoms with E-state index < -0.39 is 0 Å². The standard InChI is InChI=1S/C9H17NO2/c1-12-7-4-9(11)8-2-5-10-6-3-8/h8,10H,2-7H2,1H3. The molecule has 1 fully saturated rings. The molecule has 0 atom stereocenters. The second-order valence-corrected chi connectivity index (χ2v) is 3.23. The van der Waals surface area contributed by atoms with E-state index >= 15 is 0 Å². The SMILES string of the molecule is COCCC(=O)C1CCNCC1. The van der Waals surface area contributed by atoms with E-state index in [1.165, 1.54) is 0 Å². The van der Waals surface area contributed by atoms with Gasteiger partial charge in [0.15, 0.2) is 0 Å². The van der Waals surface area contributed by atoms with E-state index in [1.54, 1.807) is 7.11 Å². The number of ether oxygens (including phenoxy) is 1. The number of hydrogen-bond donors (Lipinski definition) is 1. The number of nitrogens with one attached hydrogen (secondary N) is 1. The zero-order valence-corrected chi connectivity index (χ0v) is 7.64. The number of carbonyl (C=O) groups is 1. The zero-order valence-electron chi connectivity index (χ0n) is 7.64. The maximum absolute atomic E-state index is 11.4. The van der Waals surface area contributed by atoms with Crippen LogP contribution in [-0.4, -0.2) is 32.6 Å². The molecule has 0 aromatic carbocycles. The molecule has 70 valence electrons. The summed E-state index contributed by atoms with van der Waals surface area (Å²) in [5.74, 6) is 0.666. The Morgan fingerprint density at radius 3 is 2.75 bits per heavy atom. The topological polar surface area (TPSA) is 38.3 Å². The van der Waals surface area contributed by atoms with Gasteiger partial charge in [-0.1, -0.05) is 0 Å². The van der Waals surface area contributed by atoms with E-state index in [4.69, 9.17) is 4.74 Å². The van der Waals surface area contributed by atoms with Crippen LogP contribution in [0.25, 0.3) is 0 Å². The molecule has 0 bridgehead atoms. The largest absolute Gasteiger partial charge is 0.384 e. The molecule has 1 rings (SSSR count). The van der Waals surface area contributed by atoms with Gasteiger partial charge in [-0.05, 0) is 25.9 Å². The van der Waals surface area contributed by atoms with Gasteiger partial charge in [-0.15, -0.1) is 0 Å². The number of hydrogen-bond acceptors (Lipinski definition) is 3. The maximum Gasteiger partial charge on any atom is 0.138 e. The Morgan fingerprint density at radius 1 is 1.50 bits per heavy atom. The average molecular weight is 171 g/mol. The predicted octanol–water partition coefficient (Wildman–Crippen LogP) is 0.592. The second kappa shape index (κ2) is 5.27. The fourth-order valence-corrected chi connectivity index (χ4v) is 1.55. The van der Waals surface area contributed by atoms with Crippen molar-refractivity contribution < 1.29 is 9.53 Å². The predicted molar refractivity (Wildman–Crippen MR) is 47.1 cm³/mol. The van der Waals surface area contributed by atoms with Crippen molar-refractivity contribution in [2.45, 2.75) is 19.3 Å². The van der Waals surface area contributed by atoms with Crippen molar-refractivity contribution in [2.75, 3.05) is 26.8 Å². The normalized spacial score (nSPS) is 19.4. The number of rotatable bonds is 4. The molecule has 0 amide bonds. The fourth-order valence-electron chi connectivity index (χ4n) is 1.55. The first-order chi connectivity index (χ1) is 5.84. The van der Waals surface area contributed by atoms with Gasteiger partial charge in [0.05, 0.1) is 6.61 Å². The molecule has 0 radical (unpaired) electrons. The molecule has 0 aliphatic carbocycles. The minimum absolute atomic E-state index is 0.293. The highest BCUT2D eigenvalue weighted by atomic mass is 16.5. The molecule has 1 N–H and O–H groups in total. The van der Waals surface area contributed by atoms with Crippen LogP contribution in [0.15, 0.2) is 0 Å². The zero-order chi connectivity index (χ0) is 8.81. The summed E-state index contributed by atoms with van der Waals surface area (Å²) in [6, 6.07) is 0. The van der Waals surface area contributed by atoms with Gasteiger partial charge in [-0.25, -0.2) is 0 Å². The molecule has 0 spiro atoms. The van der Waals surface area contributed by atoms with Crippen LogP contribution >= 0.6 is 0 Å². The molecular weight excluding hydrogens is 154 g/mol. The highest BCUT2D eigenvalue weighted by molar-refractivity contribution is 5.81. The van der Waals surface area contributed by atoms with Crippen LogP contribution in [0.4, 0.5) is 0 Å². The lowest BCUT2D eigenvalue weighted by Gasteiger charge is -2.21. The van der Waals surface area contributed by atoms with E-state index in [9.17, 15) is 4.79 Å². The number of ketones is 1. The Morgan fingerprint density at radius 2 is 2.17 bits per heavy atom. The smallest absolute Gasteiger partial charge is 0.138 e. The van der Waals surface area contributed by atoms with E-state index in [0.29, 0.717) is 24.7 Å². The Kier molecular flexibility index (Phi) is 4.25. The first kappa shape index (κ1) is 9.68. The highest BCUT2D eigenvalue weighted by Crippen LogP contribution is 2.14. The molecule has 3 heteroatoms. The van der Waals surface area contributed by atoms with Crippen LogP contribution in [0, 0.1) is 5.92 Å². The van der Waals surface area contributed by atoms with Crippen LogP contribution in [0.2, 0.25) is 0 Å². The van der Waals surface area contributed by atoms with E-state index in [-0.39, 0.29) is 0 Å². The van der Waals surface area contributed by atoms with Gasteiger partial charge in [0.25, 0.3) is 0 Å². The van der Waals surface area contributed by atoms with Crippen molar-refractivity contribution in [1.29, 1.82) is 0 Å². The summed E-state index contributed by atoms with van der Waals surface area (Å²) < 4.78 is 4.87. The molecule has 1 aliphatic heterocycles. The third kappa shape index (κ3) is 2.91. The second-order valence-electron chi connectivity index (χ2n) is 3.23. The lowest BCUT2D eigenvalue weighted by molar-refractivity contribution is -0.124. The van der Waals surface area contributed by atoms with Gasteiger partial charge in [0.1, 0.15) is 5.78 Å². The molecule has 0 aromatic rings. The fraction of sp³-hybridized carbons (Fsp3) is 0.889. The highest BCUT2D eigenvalue weighted by Gasteiger charge is 2.19. The Hall–Kier alpha value is -0.410. The quantitative estimate of drug-likeness (QED) is 0.673. The van der Waals surface area contributed by atoms with Crippen LogP contribution in [-0.2, 0) is 9.53 Å². The van der Waals surface area contributed by atoms with Gasteiger partial charge in [-0.3, -0.25) is 4.79 Å². The summed E-state index contributed by atoms with van der Waals surface area (Å²) in [5.41, 5.74) is 0. The summed E-state index contributed by atoms with van der Waals surface area (Å²) in [4.78, 5) is 11.4. The molecule has 0 unspecified atom stereocenters. The number of carbonyl (C=O) groups excluding carboxylic acids is 1. The third-order valence-corrected chi connectivity index (χ3v) is 2.35. The minimum Gasteiger partial charge on any atom is -0.384 e. The van der Waals surface area contributed by atoms with Gasteiger partial charge < -0.3 is 10.1 Å². The molecule has 3 nitrogen and oxygen atoms in total. The van der Waals surface area contributed by atoms with Crippen molar-refractivity contribution >= 4 is 5.78 Å². The van der Waals surface area contributed by atoms with Crippen LogP contribution in [0.1, 0.15) is 19.3 Å². The summed E-state index contributed by atoms with van der Waals surface area (Å²) in [7, 11) is 1.63. The lowest BCUT2D eigenvalue weighted by Crippen LogP contribution is -2.32. The van der Waals surface area contributed by atoms with Crippen molar-refractivity contribution in [3.05, 3.63) is 0 Å². The van der Waals surface area contributed by atoms with Crippen LogP contribution in [0.3, 0.4) is 0 Å². The molecule has 1 aliphatic rings. The minimum atomic E-state index is 0.293. The summed E-state index contributed by atoms with van der Waals surface area (Å²) >= 11 is 0. The van der Waals surface area contributed by atoms with E-state index in [2.05, 4.69) is 5.32 Å². The van der Waals surface area contributed by atoms with Crippen molar-refractivity contribution in [3.8, 4) is 0 Å². The van der Waals surface area contributed by atoms with Gasteiger partial charge in [0.2, 0.25) is 0 Å². The lowest BCUT2D eigenvalue weighted by atomic mass is 9.92. The third-order valence-electron chi connectivity index (χ3n) is 2.35. The summed E-state index contributed by atoms with van der Waals surface area (Å²) in [6.07, 6.45) is 2.59. The molecule has 0 aromatic heterocycles. The van der Waals surface area contributed by atoms with E-state index in [0.717, 1.165) is 25.9 Å².